The van der Waals surface area contributed by atoms with Crippen molar-refractivity contribution in [2.75, 3.05) is 0 Å². The molecule has 2 aromatic carbocycles. The zero-order chi connectivity index (χ0) is 12.8. The van der Waals surface area contributed by atoms with Crippen LogP contribution >= 0.6 is 11.6 Å². The second-order valence-corrected chi connectivity index (χ2v) is 4.63. The van der Waals surface area contributed by atoms with Crippen LogP contribution in [0.4, 0.5) is 0 Å². The number of aryl methyl sites for hydroxylation is 1. The lowest BCUT2D eigenvalue weighted by atomic mass is 10.1. The summed E-state index contributed by atoms with van der Waals surface area (Å²) in [7, 11) is 0. The van der Waals surface area contributed by atoms with Crippen molar-refractivity contribution in [3.8, 4) is 11.5 Å². The third-order valence-corrected chi connectivity index (χ3v) is 3.24. The van der Waals surface area contributed by atoms with Crippen molar-refractivity contribution in [1.82, 2.24) is 0 Å². The van der Waals surface area contributed by atoms with Crippen molar-refractivity contribution in [2.24, 2.45) is 0 Å². The van der Waals surface area contributed by atoms with E-state index in [0.717, 1.165) is 34.9 Å². The van der Waals surface area contributed by atoms with Gasteiger partial charge in [-0.25, -0.2) is 0 Å². The molecule has 0 atom stereocenters. The summed E-state index contributed by atoms with van der Waals surface area (Å²) in [6, 6.07) is 15.7. The lowest BCUT2D eigenvalue weighted by molar-refractivity contribution is 0.482. The number of halogens is 1. The molecule has 0 aliphatic rings. The van der Waals surface area contributed by atoms with Crippen LogP contribution in [0.5, 0.6) is 11.5 Å². The number of hydrogen-bond donors (Lipinski definition) is 0. The second-order valence-electron chi connectivity index (χ2n) is 4.25. The van der Waals surface area contributed by atoms with Crippen LogP contribution in [0.3, 0.4) is 0 Å². The summed E-state index contributed by atoms with van der Waals surface area (Å²) < 4.78 is 5.80. The van der Waals surface area contributed by atoms with Crippen molar-refractivity contribution in [3.05, 3.63) is 59.1 Å². The fourth-order valence-corrected chi connectivity index (χ4v) is 2.07. The second kappa shape index (κ2) is 6.46. The van der Waals surface area contributed by atoms with Crippen molar-refractivity contribution in [2.45, 2.75) is 26.2 Å². The van der Waals surface area contributed by atoms with E-state index in [-0.39, 0.29) is 0 Å². The predicted molar refractivity (Wildman–Crippen MR) is 76.6 cm³/mol. The Morgan fingerprint density at radius 3 is 2.50 bits per heavy atom. The van der Waals surface area contributed by atoms with E-state index in [2.05, 4.69) is 13.0 Å². The molecule has 0 amide bonds. The van der Waals surface area contributed by atoms with Gasteiger partial charge in [-0.15, -0.1) is 0 Å². The molecular formula is C16H17ClO. The monoisotopic (exact) mass is 260 g/mol. The Labute approximate surface area is 113 Å². The summed E-state index contributed by atoms with van der Waals surface area (Å²) >= 11 is 6.37. The van der Waals surface area contributed by atoms with E-state index in [9.17, 15) is 0 Å². The van der Waals surface area contributed by atoms with E-state index in [4.69, 9.17) is 16.3 Å². The van der Waals surface area contributed by atoms with Crippen LogP contribution in [0.2, 0.25) is 5.02 Å². The summed E-state index contributed by atoms with van der Waals surface area (Å²) in [5.74, 6) is 1.54. The maximum Gasteiger partial charge on any atom is 0.146 e. The van der Waals surface area contributed by atoms with Gasteiger partial charge in [0.25, 0.3) is 0 Å². The number of rotatable bonds is 5. The maximum absolute atomic E-state index is 6.37. The molecular weight excluding hydrogens is 244 g/mol. The molecule has 0 saturated heterocycles. The Kier molecular flexibility index (Phi) is 4.66. The van der Waals surface area contributed by atoms with Gasteiger partial charge in [-0.1, -0.05) is 55.3 Å². The minimum Gasteiger partial charge on any atom is -0.456 e. The Morgan fingerprint density at radius 1 is 1.00 bits per heavy atom. The molecule has 0 bridgehead atoms. The van der Waals surface area contributed by atoms with Crippen molar-refractivity contribution >= 4 is 11.6 Å². The van der Waals surface area contributed by atoms with E-state index in [1.807, 2.05) is 42.5 Å². The molecule has 2 rings (SSSR count). The lowest BCUT2D eigenvalue weighted by Crippen LogP contribution is -1.90. The predicted octanol–water partition coefficient (Wildman–Crippen LogP) is 5.47. The van der Waals surface area contributed by atoms with Crippen LogP contribution in [0.15, 0.2) is 48.5 Å². The molecule has 94 valence electrons. The first kappa shape index (κ1) is 13.0. The van der Waals surface area contributed by atoms with Crippen LogP contribution < -0.4 is 4.74 Å². The highest BCUT2D eigenvalue weighted by atomic mass is 35.5. The molecule has 0 unspecified atom stereocenters. The van der Waals surface area contributed by atoms with Gasteiger partial charge in [-0.05, 0) is 36.6 Å². The van der Waals surface area contributed by atoms with Crippen LogP contribution in [-0.4, -0.2) is 0 Å². The topological polar surface area (TPSA) is 9.23 Å². The molecule has 0 radical (unpaired) electrons. The summed E-state index contributed by atoms with van der Waals surface area (Å²) in [5.41, 5.74) is 1.16. The van der Waals surface area contributed by atoms with E-state index in [0.29, 0.717) is 0 Å². The number of para-hydroxylation sites is 1. The highest BCUT2D eigenvalue weighted by Gasteiger charge is 2.07. The van der Waals surface area contributed by atoms with Crippen molar-refractivity contribution < 1.29 is 4.74 Å². The zero-order valence-electron chi connectivity index (χ0n) is 10.5. The van der Waals surface area contributed by atoms with E-state index < -0.39 is 0 Å². The third-order valence-electron chi connectivity index (χ3n) is 2.81. The Bertz CT molecular complexity index is 494. The molecule has 0 heterocycles. The smallest absolute Gasteiger partial charge is 0.146 e. The van der Waals surface area contributed by atoms with E-state index in [1.165, 1.54) is 6.42 Å². The minimum atomic E-state index is 0.731. The fourth-order valence-electron chi connectivity index (χ4n) is 1.81. The van der Waals surface area contributed by atoms with Gasteiger partial charge in [0.15, 0.2) is 0 Å². The molecule has 0 aromatic heterocycles. The van der Waals surface area contributed by atoms with Crippen molar-refractivity contribution in [1.29, 1.82) is 0 Å². The molecule has 18 heavy (non-hydrogen) atoms. The van der Waals surface area contributed by atoms with Crippen molar-refractivity contribution in [3.63, 3.8) is 0 Å². The van der Waals surface area contributed by atoms with Gasteiger partial charge in [-0.2, -0.15) is 0 Å². The Balaban J connectivity index is 2.18. The highest BCUT2D eigenvalue weighted by Crippen LogP contribution is 2.32. The molecule has 0 saturated carbocycles. The minimum absolute atomic E-state index is 0.731. The SMILES string of the molecule is CCCCc1cccc(Oc2ccccc2)c1Cl. The van der Waals surface area contributed by atoms with E-state index in [1.54, 1.807) is 0 Å². The summed E-state index contributed by atoms with van der Waals surface area (Å²) in [6.07, 6.45) is 3.32. The standard InChI is InChI=1S/C16H17ClO/c1-2-3-8-13-9-7-12-15(16(13)17)18-14-10-5-4-6-11-14/h4-7,9-12H,2-3,8H2,1H3. The molecule has 0 aliphatic carbocycles. The Morgan fingerprint density at radius 2 is 1.78 bits per heavy atom. The van der Waals surface area contributed by atoms with Gasteiger partial charge in [-0.3, -0.25) is 0 Å². The van der Waals surface area contributed by atoms with Crippen LogP contribution in [0.25, 0.3) is 0 Å². The quantitative estimate of drug-likeness (QED) is 0.692. The molecule has 1 nitrogen and oxygen atoms in total. The molecule has 0 spiro atoms. The first-order chi connectivity index (χ1) is 8.81. The maximum atomic E-state index is 6.37. The summed E-state index contributed by atoms with van der Waals surface area (Å²) in [4.78, 5) is 0. The molecule has 0 fully saturated rings. The van der Waals surface area contributed by atoms with Crippen LogP contribution in [0, 0.1) is 0 Å². The van der Waals surface area contributed by atoms with E-state index >= 15 is 0 Å². The van der Waals surface area contributed by atoms with Gasteiger partial charge in [0.1, 0.15) is 11.5 Å². The summed E-state index contributed by atoms with van der Waals surface area (Å²) in [6.45, 7) is 2.18. The zero-order valence-corrected chi connectivity index (χ0v) is 11.3. The third kappa shape index (κ3) is 3.27. The molecule has 0 N–H and O–H groups in total. The van der Waals surface area contributed by atoms with Crippen LogP contribution in [-0.2, 0) is 6.42 Å². The Hall–Kier alpha value is -1.47. The van der Waals surface area contributed by atoms with Gasteiger partial charge in [0, 0.05) is 0 Å². The first-order valence-electron chi connectivity index (χ1n) is 6.31. The average molecular weight is 261 g/mol. The van der Waals surface area contributed by atoms with Gasteiger partial charge < -0.3 is 4.74 Å². The fraction of sp³-hybridized carbons (Fsp3) is 0.250. The van der Waals surface area contributed by atoms with Gasteiger partial charge in [0.05, 0.1) is 5.02 Å². The normalized spacial score (nSPS) is 10.3. The largest absolute Gasteiger partial charge is 0.456 e. The molecule has 0 aliphatic heterocycles. The lowest BCUT2D eigenvalue weighted by Gasteiger charge is -2.10. The molecule has 2 heteroatoms. The average Bonchev–Trinajstić information content (AvgIpc) is 2.41. The van der Waals surface area contributed by atoms with Gasteiger partial charge in [0.2, 0.25) is 0 Å². The summed E-state index contributed by atoms with van der Waals surface area (Å²) in [5, 5.41) is 0.731. The first-order valence-corrected chi connectivity index (χ1v) is 6.69. The number of hydrogen-bond acceptors (Lipinski definition) is 1. The number of unbranched alkanes of at least 4 members (excludes halogenated alkanes) is 1. The van der Waals surface area contributed by atoms with Crippen LogP contribution in [0.1, 0.15) is 25.3 Å². The highest BCUT2D eigenvalue weighted by molar-refractivity contribution is 6.32. The number of benzene rings is 2. The van der Waals surface area contributed by atoms with Gasteiger partial charge >= 0.3 is 0 Å². The number of ether oxygens (including phenoxy) is 1. The molecule has 2 aromatic rings.